The summed E-state index contributed by atoms with van der Waals surface area (Å²) >= 11 is 10.9. The zero-order chi connectivity index (χ0) is 13.1. The molecule has 1 aromatic carbocycles. The van der Waals surface area contributed by atoms with Gasteiger partial charge in [-0.1, -0.05) is 23.7 Å². The van der Waals surface area contributed by atoms with E-state index in [1.54, 1.807) is 23.5 Å². The SMILES string of the molecule is C[C@H](NCc1cc(Br)c(Cl)s1)c1ccc(F)cc1. The molecule has 1 heterocycles. The second-order valence-electron chi connectivity index (χ2n) is 3.99. The molecule has 1 aromatic heterocycles. The predicted molar refractivity (Wildman–Crippen MR) is 78.7 cm³/mol. The van der Waals surface area contributed by atoms with Gasteiger partial charge in [0.25, 0.3) is 0 Å². The van der Waals surface area contributed by atoms with Gasteiger partial charge in [0.15, 0.2) is 0 Å². The zero-order valence-corrected chi connectivity index (χ0v) is 12.9. The van der Waals surface area contributed by atoms with Crippen LogP contribution in [-0.4, -0.2) is 0 Å². The lowest BCUT2D eigenvalue weighted by Crippen LogP contribution is -2.17. The van der Waals surface area contributed by atoms with Crippen LogP contribution >= 0.6 is 38.9 Å². The maximum atomic E-state index is 12.8. The number of nitrogens with one attached hydrogen (secondary N) is 1. The summed E-state index contributed by atoms with van der Waals surface area (Å²) < 4.78 is 14.5. The summed E-state index contributed by atoms with van der Waals surface area (Å²) in [6, 6.07) is 8.73. The number of hydrogen-bond acceptors (Lipinski definition) is 2. The van der Waals surface area contributed by atoms with Crippen molar-refractivity contribution >= 4 is 38.9 Å². The van der Waals surface area contributed by atoms with Crippen LogP contribution in [-0.2, 0) is 6.54 Å². The van der Waals surface area contributed by atoms with Crippen LogP contribution in [0.5, 0.6) is 0 Å². The Morgan fingerprint density at radius 3 is 2.61 bits per heavy atom. The van der Waals surface area contributed by atoms with Gasteiger partial charge >= 0.3 is 0 Å². The molecule has 2 aromatic rings. The Bertz CT molecular complexity index is 507. The first kappa shape index (κ1) is 14.0. The van der Waals surface area contributed by atoms with Gasteiger partial charge in [0.2, 0.25) is 0 Å². The lowest BCUT2D eigenvalue weighted by Gasteiger charge is -2.13. The van der Waals surface area contributed by atoms with Crippen LogP contribution in [0.15, 0.2) is 34.8 Å². The fourth-order valence-electron chi connectivity index (χ4n) is 1.60. The van der Waals surface area contributed by atoms with Gasteiger partial charge in [-0.15, -0.1) is 11.3 Å². The van der Waals surface area contributed by atoms with Crippen LogP contribution in [0.3, 0.4) is 0 Å². The molecule has 1 atom stereocenters. The Labute approximate surface area is 123 Å². The molecule has 0 radical (unpaired) electrons. The van der Waals surface area contributed by atoms with Crippen molar-refractivity contribution in [1.82, 2.24) is 5.32 Å². The van der Waals surface area contributed by atoms with Gasteiger partial charge in [-0.2, -0.15) is 0 Å². The minimum atomic E-state index is -0.208. The summed E-state index contributed by atoms with van der Waals surface area (Å²) in [6.07, 6.45) is 0. The molecule has 18 heavy (non-hydrogen) atoms. The summed E-state index contributed by atoms with van der Waals surface area (Å²) in [5.74, 6) is -0.208. The number of hydrogen-bond donors (Lipinski definition) is 1. The van der Waals surface area contributed by atoms with Crippen molar-refractivity contribution in [2.75, 3.05) is 0 Å². The van der Waals surface area contributed by atoms with Crippen LogP contribution < -0.4 is 5.32 Å². The van der Waals surface area contributed by atoms with Gasteiger partial charge < -0.3 is 5.32 Å². The summed E-state index contributed by atoms with van der Waals surface area (Å²) in [4.78, 5) is 1.17. The molecule has 0 saturated heterocycles. The van der Waals surface area contributed by atoms with Crippen molar-refractivity contribution in [3.05, 3.63) is 55.4 Å². The van der Waals surface area contributed by atoms with Crippen molar-refractivity contribution in [1.29, 1.82) is 0 Å². The fourth-order valence-corrected chi connectivity index (χ4v) is 3.34. The average Bonchev–Trinajstić information content (AvgIpc) is 2.67. The molecule has 1 N–H and O–H groups in total. The lowest BCUT2D eigenvalue weighted by molar-refractivity contribution is 0.575. The van der Waals surface area contributed by atoms with E-state index in [1.807, 2.05) is 6.07 Å². The van der Waals surface area contributed by atoms with Crippen molar-refractivity contribution in [2.24, 2.45) is 0 Å². The number of thiophene rings is 1. The average molecular weight is 349 g/mol. The molecule has 0 fully saturated rings. The van der Waals surface area contributed by atoms with E-state index in [9.17, 15) is 4.39 Å². The van der Waals surface area contributed by atoms with Crippen molar-refractivity contribution in [3.8, 4) is 0 Å². The van der Waals surface area contributed by atoms with Crippen LogP contribution in [0.25, 0.3) is 0 Å². The Balaban J connectivity index is 1.95. The molecule has 2 rings (SSSR count). The van der Waals surface area contributed by atoms with Gasteiger partial charge in [0, 0.05) is 21.9 Å². The van der Waals surface area contributed by atoms with E-state index in [1.165, 1.54) is 17.0 Å². The van der Waals surface area contributed by atoms with Gasteiger partial charge in [-0.25, -0.2) is 4.39 Å². The van der Waals surface area contributed by atoms with Gasteiger partial charge in [0.1, 0.15) is 10.2 Å². The monoisotopic (exact) mass is 347 g/mol. The molecule has 0 aliphatic heterocycles. The molecule has 0 spiro atoms. The topological polar surface area (TPSA) is 12.0 Å². The fraction of sp³-hybridized carbons (Fsp3) is 0.231. The van der Waals surface area contributed by atoms with Crippen LogP contribution in [0, 0.1) is 5.82 Å². The molecular weight excluding hydrogens is 337 g/mol. The molecule has 0 unspecified atom stereocenters. The first-order chi connectivity index (χ1) is 8.56. The summed E-state index contributed by atoms with van der Waals surface area (Å²) in [5, 5.41) is 3.38. The molecule has 1 nitrogen and oxygen atoms in total. The van der Waals surface area contributed by atoms with E-state index in [2.05, 4.69) is 28.2 Å². The highest BCUT2D eigenvalue weighted by atomic mass is 79.9. The molecule has 0 saturated carbocycles. The second kappa shape index (κ2) is 6.15. The Kier molecular flexibility index (Phi) is 4.78. The molecular formula is C13H12BrClFNS. The van der Waals surface area contributed by atoms with E-state index >= 15 is 0 Å². The standard InChI is InChI=1S/C13H12BrClFNS/c1-8(9-2-4-10(16)5-3-9)17-7-11-6-12(14)13(15)18-11/h2-6,8,17H,7H2,1H3/t8-/m0/s1. The van der Waals surface area contributed by atoms with Gasteiger partial charge in [-0.3, -0.25) is 0 Å². The van der Waals surface area contributed by atoms with E-state index in [0.717, 1.165) is 20.9 Å². The van der Waals surface area contributed by atoms with Gasteiger partial charge in [0.05, 0.1) is 0 Å². The van der Waals surface area contributed by atoms with E-state index in [-0.39, 0.29) is 11.9 Å². The highest BCUT2D eigenvalue weighted by Gasteiger charge is 2.08. The molecule has 0 aliphatic rings. The van der Waals surface area contributed by atoms with Crippen molar-refractivity contribution in [2.45, 2.75) is 19.5 Å². The first-order valence-corrected chi connectivity index (χ1v) is 7.47. The largest absolute Gasteiger partial charge is 0.305 e. The van der Waals surface area contributed by atoms with Crippen LogP contribution in [0.1, 0.15) is 23.4 Å². The van der Waals surface area contributed by atoms with Gasteiger partial charge in [-0.05, 0) is 46.6 Å². The summed E-state index contributed by atoms with van der Waals surface area (Å²) in [7, 11) is 0. The maximum Gasteiger partial charge on any atom is 0.123 e. The highest BCUT2D eigenvalue weighted by molar-refractivity contribution is 9.10. The van der Waals surface area contributed by atoms with Crippen LogP contribution in [0.2, 0.25) is 4.34 Å². The maximum absolute atomic E-state index is 12.8. The molecule has 5 heteroatoms. The smallest absolute Gasteiger partial charge is 0.123 e. The quantitative estimate of drug-likeness (QED) is 0.805. The molecule has 0 bridgehead atoms. The predicted octanol–water partition coefficient (Wildman–Crippen LogP) is 5.15. The third-order valence-electron chi connectivity index (χ3n) is 2.65. The zero-order valence-electron chi connectivity index (χ0n) is 9.71. The third-order valence-corrected chi connectivity index (χ3v) is 5.12. The number of benzene rings is 1. The van der Waals surface area contributed by atoms with Crippen molar-refractivity contribution in [3.63, 3.8) is 0 Å². The van der Waals surface area contributed by atoms with E-state index in [4.69, 9.17) is 11.6 Å². The molecule has 0 aliphatic carbocycles. The normalized spacial score (nSPS) is 12.7. The van der Waals surface area contributed by atoms with Crippen LogP contribution in [0.4, 0.5) is 4.39 Å². The van der Waals surface area contributed by atoms with Crippen molar-refractivity contribution < 1.29 is 4.39 Å². The highest BCUT2D eigenvalue weighted by Crippen LogP contribution is 2.32. The molecule has 96 valence electrons. The Hall–Kier alpha value is -0.420. The summed E-state index contributed by atoms with van der Waals surface area (Å²) in [6.45, 7) is 2.80. The Morgan fingerprint density at radius 2 is 2.06 bits per heavy atom. The second-order valence-corrected chi connectivity index (χ2v) is 6.58. The van der Waals surface area contributed by atoms with E-state index < -0.39 is 0 Å². The minimum Gasteiger partial charge on any atom is -0.305 e. The van der Waals surface area contributed by atoms with E-state index in [0.29, 0.717) is 0 Å². The summed E-state index contributed by atoms with van der Waals surface area (Å²) in [5.41, 5.74) is 1.07. The third kappa shape index (κ3) is 3.54. The Morgan fingerprint density at radius 1 is 1.39 bits per heavy atom. The number of halogens is 3. The minimum absolute atomic E-state index is 0.172. The number of rotatable bonds is 4. The molecule has 0 amide bonds. The first-order valence-electron chi connectivity index (χ1n) is 5.49. The lowest BCUT2D eigenvalue weighted by atomic mass is 10.1.